The summed E-state index contributed by atoms with van der Waals surface area (Å²) < 4.78 is 13.9. The number of nitrogens with one attached hydrogen (secondary N) is 1. The van der Waals surface area contributed by atoms with Gasteiger partial charge in [0, 0.05) is 5.56 Å². The van der Waals surface area contributed by atoms with E-state index in [0.29, 0.717) is 31.2 Å². The molecule has 2 fully saturated rings. The van der Waals surface area contributed by atoms with Gasteiger partial charge in [0.05, 0.1) is 23.7 Å². The predicted molar refractivity (Wildman–Crippen MR) is 75.1 cm³/mol. The molecule has 0 heterocycles. The number of benzene rings is 1. The minimum absolute atomic E-state index is 0.245. The number of halogens is 1. The molecule has 1 amide bonds. The van der Waals surface area contributed by atoms with Crippen molar-refractivity contribution in [3.05, 3.63) is 35.6 Å². The molecule has 2 aliphatic carbocycles. The van der Waals surface area contributed by atoms with Crippen LogP contribution in [0.4, 0.5) is 4.39 Å². The Hall–Kier alpha value is -1.46. The van der Waals surface area contributed by atoms with Crippen LogP contribution in [0, 0.1) is 5.82 Å². The van der Waals surface area contributed by atoms with Crippen LogP contribution in [0.3, 0.4) is 0 Å². The number of carbonyl (C=O) groups excluding carboxylic acids is 1. The summed E-state index contributed by atoms with van der Waals surface area (Å²) in [6, 6.07) is 5.89. The molecule has 21 heavy (non-hydrogen) atoms. The van der Waals surface area contributed by atoms with Crippen molar-refractivity contribution in [2.75, 3.05) is 0 Å². The van der Waals surface area contributed by atoms with Crippen molar-refractivity contribution in [2.45, 2.75) is 55.8 Å². The Kier molecular flexibility index (Phi) is 3.71. The molecule has 3 atom stereocenters. The first-order chi connectivity index (χ1) is 10.0. The van der Waals surface area contributed by atoms with E-state index in [1.807, 2.05) is 0 Å². The highest BCUT2D eigenvalue weighted by molar-refractivity contribution is 5.91. The van der Waals surface area contributed by atoms with Crippen molar-refractivity contribution >= 4 is 5.91 Å². The third-order valence-electron chi connectivity index (χ3n) is 4.71. The lowest BCUT2D eigenvalue weighted by Gasteiger charge is -2.33. The summed E-state index contributed by atoms with van der Waals surface area (Å²) in [5.41, 5.74) is -0.374. The van der Waals surface area contributed by atoms with Crippen molar-refractivity contribution in [3.63, 3.8) is 0 Å². The van der Waals surface area contributed by atoms with Gasteiger partial charge in [0.1, 0.15) is 5.82 Å². The van der Waals surface area contributed by atoms with Crippen LogP contribution in [-0.2, 0) is 10.2 Å². The number of amides is 1. The Balaban J connectivity index is 1.75. The maximum atomic E-state index is 13.9. The lowest BCUT2D eigenvalue weighted by atomic mass is 9.88. The summed E-state index contributed by atoms with van der Waals surface area (Å²) in [4.78, 5) is 12.5. The third kappa shape index (κ3) is 2.56. The van der Waals surface area contributed by atoms with E-state index in [4.69, 9.17) is 0 Å². The highest BCUT2D eigenvalue weighted by Gasteiger charge is 2.53. The summed E-state index contributed by atoms with van der Waals surface area (Å²) in [5, 5.41) is 22.5. The highest BCUT2D eigenvalue weighted by Crippen LogP contribution is 2.49. The first-order valence-electron chi connectivity index (χ1n) is 7.47. The van der Waals surface area contributed by atoms with Gasteiger partial charge in [0.2, 0.25) is 5.91 Å². The molecule has 3 rings (SSSR count). The number of hydrogen-bond donors (Lipinski definition) is 3. The molecule has 1 aromatic carbocycles. The number of hydrogen-bond acceptors (Lipinski definition) is 3. The molecule has 3 N–H and O–H groups in total. The second kappa shape index (κ2) is 5.39. The number of aliphatic hydroxyl groups excluding tert-OH is 2. The zero-order valence-electron chi connectivity index (χ0n) is 11.8. The topological polar surface area (TPSA) is 69.6 Å². The second-order valence-electron chi connectivity index (χ2n) is 6.13. The van der Waals surface area contributed by atoms with Crippen LogP contribution in [0.15, 0.2) is 24.3 Å². The van der Waals surface area contributed by atoms with Crippen molar-refractivity contribution in [3.8, 4) is 0 Å². The molecule has 0 unspecified atom stereocenters. The Morgan fingerprint density at radius 3 is 2.62 bits per heavy atom. The standard InChI is InChI=1S/C16H20FNO3/c17-11-5-2-1-4-10(11)16(8-9-16)15(21)18-12-6-3-7-13(19)14(12)20/h1-2,4-5,12-14,19-20H,3,6-9H2,(H,18,21)/t12-,13-,14-/m1/s1. The zero-order valence-corrected chi connectivity index (χ0v) is 11.8. The van der Waals surface area contributed by atoms with E-state index in [1.54, 1.807) is 18.2 Å². The van der Waals surface area contributed by atoms with E-state index >= 15 is 0 Å². The molecule has 5 heteroatoms. The monoisotopic (exact) mass is 293 g/mol. The van der Waals surface area contributed by atoms with Gasteiger partial charge >= 0.3 is 0 Å². The molecule has 1 aromatic rings. The first-order valence-corrected chi connectivity index (χ1v) is 7.47. The van der Waals surface area contributed by atoms with E-state index in [9.17, 15) is 19.4 Å². The first kappa shape index (κ1) is 14.5. The van der Waals surface area contributed by atoms with Gasteiger partial charge in [0.25, 0.3) is 0 Å². The van der Waals surface area contributed by atoms with Crippen LogP contribution in [0.25, 0.3) is 0 Å². The highest BCUT2D eigenvalue weighted by atomic mass is 19.1. The van der Waals surface area contributed by atoms with Gasteiger partial charge in [-0.2, -0.15) is 0 Å². The van der Waals surface area contributed by atoms with E-state index in [-0.39, 0.29) is 11.7 Å². The van der Waals surface area contributed by atoms with Gasteiger partial charge in [-0.1, -0.05) is 18.2 Å². The maximum absolute atomic E-state index is 13.9. The molecule has 0 spiro atoms. The van der Waals surface area contributed by atoms with E-state index < -0.39 is 23.7 Å². The van der Waals surface area contributed by atoms with Crippen LogP contribution >= 0.6 is 0 Å². The molecular weight excluding hydrogens is 273 g/mol. The normalized spacial score (nSPS) is 30.7. The molecule has 0 bridgehead atoms. The lowest BCUT2D eigenvalue weighted by molar-refractivity contribution is -0.126. The largest absolute Gasteiger partial charge is 0.390 e. The van der Waals surface area contributed by atoms with Gasteiger partial charge in [-0.05, 0) is 38.2 Å². The van der Waals surface area contributed by atoms with Gasteiger partial charge < -0.3 is 15.5 Å². The molecular formula is C16H20FNO3. The second-order valence-corrected chi connectivity index (χ2v) is 6.13. The van der Waals surface area contributed by atoms with Gasteiger partial charge in [-0.3, -0.25) is 4.79 Å². The molecule has 4 nitrogen and oxygen atoms in total. The Bertz CT molecular complexity index is 544. The number of rotatable bonds is 3. The van der Waals surface area contributed by atoms with Crippen molar-refractivity contribution in [1.29, 1.82) is 0 Å². The molecule has 0 saturated heterocycles. The summed E-state index contributed by atoms with van der Waals surface area (Å²) in [6.45, 7) is 0. The average molecular weight is 293 g/mol. The number of aliphatic hydroxyl groups is 2. The van der Waals surface area contributed by atoms with Crippen molar-refractivity contribution < 1.29 is 19.4 Å². The summed E-state index contributed by atoms with van der Waals surface area (Å²) in [6.07, 6.45) is 1.43. The van der Waals surface area contributed by atoms with Crippen LogP contribution in [0.2, 0.25) is 0 Å². The fourth-order valence-electron chi connectivity index (χ4n) is 3.21. The summed E-state index contributed by atoms with van der Waals surface area (Å²) in [5.74, 6) is -0.611. The van der Waals surface area contributed by atoms with Crippen LogP contribution in [-0.4, -0.2) is 34.4 Å². The van der Waals surface area contributed by atoms with Crippen molar-refractivity contribution in [2.24, 2.45) is 0 Å². The molecule has 114 valence electrons. The van der Waals surface area contributed by atoms with Gasteiger partial charge in [-0.15, -0.1) is 0 Å². The fraction of sp³-hybridized carbons (Fsp3) is 0.562. The third-order valence-corrected chi connectivity index (χ3v) is 4.71. The Morgan fingerprint density at radius 1 is 1.24 bits per heavy atom. The van der Waals surface area contributed by atoms with Crippen LogP contribution < -0.4 is 5.32 Å². The zero-order chi connectivity index (χ0) is 15.0. The minimum Gasteiger partial charge on any atom is -0.390 e. The molecule has 2 saturated carbocycles. The molecule has 0 radical (unpaired) electrons. The van der Waals surface area contributed by atoms with E-state index in [0.717, 1.165) is 6.42 Å². The SMILES string of the molecule is O=C(N[C@@H]1CCC[C@@H](O)[C@@H]1O)C1(c2ccccc2F)CC1. The molecule has 0 aliphatic heterocycles. The predicted octanol–water partition coefficient (Wildman–Crippen LogP) is 1.25. The smallest absolute Gasteiger partial charge is 0.231 e. The maximum Gasteiger partial charge on any atom is 0.231 e. The fourth-order valence-corrected chi connectivity index (χ4v) is 3.21. The van der Waals surface area contributed by atoms with Crippen LogP contribution in [0.1, 0.15) is 37.7 Å². The Labute approximate surface area is 123 Å². The van der Waals surface area contributed by atoms with E-state index in [2.05, 4.69) is 5.32 Å². The van der Waals surface area contributed by atoms with E-state index in [1.165, 1.54) is 6.07 Å². The lowest BCUT2D eigenvalue weighted by Crippen LogP contribution is -2.53. The molecule has 0 aromatic heterocycles. The molecule has 2 aliphatic rings. The van der Waals surface area contributed by atoms with Crippen LogP contribution in [0.5, 0.6) is 0 Å². The van der Waals surface area contributed by atoms with Gasteiger partial charge in [0.15, 0.2) is 0 Å². The minimum atomic E-state index is -0.945. The van der Waals surface area contributed by atoms with Crippen molar-refractivity contribution in [1.82, 2.24) is 5.32 Å². The quantitative estimate of drug-likeness (QED) is 0.785. The summed E-state index contributed by atoms with van der Waals surface area (Å²) >= 11 is 0. The average Bonchev–Trinajstić information content (AvgIpc) is 3.26. The Morgan fingerprint density at radius 2 is 1.95 bits per heavy atom. The summed E-state index contributed by atoms with van der Waals surface area (Å²) in [7, 11) is 0. The number of carbonyl (C=O) groups is 1. The van der Waals surface area contributed by atoms with Gasteiger partial charge in [-0.25, -0.2) is 4.39 Å².